The summed E-state index contributed by atoms with van der Waals surface area (Å²) >= 11 is 12.2. The van der Waals surface area contributed by atoms with Crippen LogP contribution >= 0.6 is 23.2 Å². The molecule has 0 saturated carbocycles. The Balaban J connectivity index is 1.89. The van der Waals surface area contributed by atoms with Crippen LogP contribution in [0, 0.1) is 13.8 Å². The van der Waals surface area contributed by atoms with Crippen molar-refractivity contribution in [3.05, 3.63) is 93.5 Å². The molecule has 9 heteroatoms. The van der Waals surface area contributed by atoms with Crippen molar-refractivity contribution in [1.29, 1.82) is 0 Å². The zero-order valence-electron chi connectivity index (χ0n) is 17.4. The quantitative estimate of drug-likeness (QED) is 0.376. The van der Waals surface area contributed by atoms with E-state index in [2.05, 4.69) is 10.5 Å². The second kappa shape index (κ2) is 10.2. The SMILES string of the molecule is Cc1cc(C)cc(N(CC(=O)N/N=C\c2c(Cl)cccc2Cl)S(=O)(=O)c2ccccc2)c1. The highest BCUT2D eigenvalue weighted by atomic mass is 35.5. The van der Waals surface area contributed by atoms with Crippen LogP contribution in [0.5, 0.6) is 0 Å². The predicted molar refractivity (Wildman–Crippen MR) is 129 cm³/mol. The fourth-order valence-electron chi connectivity index (χ4n) is 3.10. The van der Waals surface area contributed by atoms with E-state index in [4.69, 9.17) is 23.2 Å². The summed E-state index contributed by atoms with van der Waals surface area (Å²) < 4.78 is 27.8. The summed E-state index contributed by atoms with van der Waals surface area (Å²) in [7, 11) is -3.99. The van der Waals surface area contributed by atoms with Crippen LogP contribution in [-0.2, 0) is 14.8 Å². The van der Waals surface area contributed by atoms with Crippen LogP contribution < -0.4 is 9.73 Å². The van der Waals surface area contributed by atoms with Crippen molar-refractivity contribution in [2.75, 3.05) is 10.8 Å². The first-order valence-corrected chi connectivity index (χ1v) is 11.8. The normalized spacial score (nSPS) is 11.5. The van der Waals surface area contributed by atoms with Crippen LogP contribution in [-0.4, -0.2) is 27.1 Å². The molecule has 3 aromatic rings. The molecule has 0 aliphatic rings. The van der Waals surface area contributed by atoms with Gasteiger partial charge in [-0.3, -0.25) is 9.10 Å². The Morgan fingerprint density at radius 2 is 1.56 bits per heavy atom. The average molecular weight is 490 g/mol. The third-order valence-corrected chi connectivity index (χ3v) is 6.94. The van der Waals surface area contributed by atoms with E-state index in [9.17, 15) is 13.2 Å². The van der Waals surface area contributed by atoms with Gasteiger partial charge in [0.05, 0.1) is 26.8 Å². The minimum atomic E-state index is -3.99. The fraction of sp³-hybridized carbons (Fsp3) is 0.130. The van der Waals surface area contributed by atoms with Gasteiger partial charge in [0, 0.05) is 5.56 Å². The molecule has 0 aliphatic carbocycles. The van der Waals surface area contributed by atoms with Gasteiger partial charge < -0.3 is 0 Å². The van der Waals surface area contributed by atoms with Gasteiger partial charge >= 0.3 is 0 Å². The van der Waals surface area contributed by atoms with Crippen LogP contribution in [0.3, 0.4) is 0 Å². The number of hydrazone groups is 1. The van der Waals surface area contributed by atoms with E-state index in [1.165, 1.54) is 18.3 Å². The highest BCUT2D eigenvalue weighted by Crippen LogP contribution is 2.26. The van der Waals surface area contributed by atoms with Crippen LogP contribution in [0.25, 0.3) is 0 Å². The Kier molecular flexibility index (Phi) is 7.56. The van der Waals surface area contributed by atoms with Crippen LogP contribution in [0.4, 0.5) is 5.69 Å². The number of nitrogens with zero attached hydrogens (tertiary/aromatic N) is 2. The van der Waals surface area contributed by atoms with Crippen LogP contribution in [0.1, 0.15) is 16.7 Å². The number of sulfonamides is 1. The maximum atomic E-state index is 13.3. The number of rotatable bonds is 7. The number of carbonyl (C=O) groups is 1. The summed E-state index contributed by atoms with van der Waals surface area (Å²) in [5.74, 6) is -0.622. The minimum Gasteiger partial charge on any atom is -0.271 e. The molecule has 0 bridgehead atoms. The number of carbonyl (C=O) groups excluding carboxylic acids is 1. The summed E-state index contributed by atoms with van der Waals surface area (Å²) in [4.78, 5) is 12.7. The lowest BCUT2D eigenvalue weighted by Gasteiger charge is -2.24. The maximum absolute atomic E-state index is 13.3. The first-order valence-electron chi connectivity index (χ1n) is 9.60. The standard InChI is InChI=1S/C23H21Cl2N3O3S/c1-16-11-17(2)13-18(12-16)28(32(30,31)19-7-4-3-5-8-19)15-23(29)27-26-14-20-21(24)9-6-10-22(20)25/h3-14H,15H2,1-2H3,(H,27,29)/b26-14-. The lowest BCUT2D eigenvalue weighted by molar-refractivity contribution is -0.119. The Morgan fingerprint density at radius 1 is 0.969 bits per heavy atom. The number of hydrogen-bond acceptors (Lipinski definition) is 4. The topological polar surface area (TPSA) is 78.8 Å². The number of nitrogens with one attached hydrogen (secondary N) is 1. The van der Waals surface area contributed by atoms with Crippen LogP contribution in [0.15, 0.2) is 76.7 Å². The third kappa shape index (κ3) is 5.68. The van der Waals surface area contributed by atoms with Gasteiger partial charge in [0.2, 0.25) is 0 Å². The molecule has 0 radical (unpaired) electrons. The van der Waals surface area contributed by atoms with Gasteiger partial charge in [0.1, 0.15) is 6.54 Å². The largest absolute Gasteiger partial charge is 0.271 e. The smallest absolute Gasteiger partial charge is 0.264 e. The van der Waals surface area contributed by atoms with E-state index >= 15 is 0 Å². The molecule has 166 valence electrons. The zero-order valence-corrected chi connectivity index (χ0v) is 19.7. The summed E-state index contributed by atoms with van der Waals surface area (Å²) in [6, 6.07) is 18.3. The van der Waals surface area contributed by atoms with E-state index < -0.39 is 22.5 Å². The molecule has 0 aliphatic heterocycles. The lowest BCUT2D eigenvalue weighted by Crippen LogP contribution is -2.39. The van der Waals surface area contributed by atoms with E-state index in [0.29, 0.717) is 21.3 Å². The molecule has 3 rings (SSSR count). The van der Waals surface area contributed by atoms with Gasteiger partial charge in [-0.15, -0.1) is 0 Å². The monoisotopic (exact) mass is 489 g/mol. The highest BCUT2D eigenvalue weighted by Gasteiger charge is 2.27. The molecule has 6 nitrogen and oxygen atoms in total. The van der Waals surface area contributed by atoms with Gasteiger partial charge in [-0.05, 0) is 61.4 Å². The van der Waals surface area contributed by atoms with Crippen molar-refractivity contribution in [2.24, 2.45) is 5.10 Å². The number of benzene rings is 3. The minimum absolute atomic E-state index is 0.0818. The van der Waals surface area contributed by atoms with Gasteiger partial charge in [0.15, 0.2) is 0 Å². The summed E-state index contributed by atoms with van der Waals surface area (Å²) in [5, 5.41) is 4.63. The Morgan fingerprint density at radius 3 is 2.16 bits per heavy atom. The van der Waals surface area contributed by atoms with E-state index in [-0.39, 0.29) is 4.90 Å². The van der Waals surface area contributed by atoms with Gasteiger partial charge in [-0.1, -0.05) is 53.5 Å². The predicted octanol–water partition coefficient (Wildman–Crippen LogP) is 4.96. The molecular formula is C23H21Cl2N3O3S. The van der Waals surface area contributed by atoms with Crippen molar-refractivity contribution in [2.45, 2.75) is 18.7 Å². The Bertz CT molecular complexity index is 1220. The van der Waals surface area contributed by atoms with Crippen molar-refractivity contribution in [3.8, 4) is 0 Å². The van der Waals surface area contributed by atoms with Crippen LogP contribution in [0.2, 0.25) is 10.0 Å². The molecule has 0 fully saturated rings. The molecule has 0 atom stereocenters. The van der Waals surface area contributed by atoms with Crippen molar-refractivity contribution in [1.82, 2.24) is 5.43 Å². The molecule has 0 spiro atoms. The number of amides is 1. The fourth-order valence-corrected chi connectivity index (χ4v) is 5.02. The van der Waals surface area contributed by atoms with Gasteiger partial charge in [-0.25, -0.2) is 13.8 Å². The molecule has 1 N–H and O–H groups in total. The van der Waals surface area contributed by atoms with Crippen molar-refractivity contribution >= 4 is 51.0 Å². The molecule has 32 heavy (non-hydrogen) atoms. The first-order chi connectivity index (χ1) is 15.2. The lowest BCUT2D eigenvalue weighted by atomic mass is 10.1. The molecule has 0 unspecified atom stereocenters. The summed E-state index contributed by atoms with van der Waals surface area (Å²) in [6.45, 7) is 3.26. The molecule has 0 aromatic heterocycles. The summed E-state index contributed by atoms with van der Waals surface area (Å²) in [6.07, 6.45) is 1.31. The number of aryl methyl sites for hydroxylation is 2. The van der Waals surface area contributed by atoms with E-state index in [1.54, 1.807) is 48.5 Å². The molecule has 1 amide bonds. The summed E-state index contributed by atoms with van der Waals surface area (Å²) in [5.41, 5.74) is 4.93. The van der Waals surface area contributed by atoms with Crippen molar-refractivity contribution in [3.63, 3.8) is 0 Å². The van der Waals surface area contributed by atoms with E-state index in [1.807, 2.05) is 19.9 Å². The van der Waals surface area contributed by atoms with Crippen molar-refractivity contribution < 1.29 is 13.2 Å². The van der Waals surface area contributed by atoms with E-state index in [0.717, 1.165) is 15.4 Å². The molecule has 0 heterocycles. The number of hydrogen-bond donors (Lipinski definition) is 1. The average Bonchev–Trinajstić information content (AvgIpc) is 2.74. The number of anilines is 1. The number of halogens is 2. The highest BCUT2D eigenvalue weighted by molar-refractivity contribution is 7.92. The Hall–Kier alpha value is -2.87. The van der Waals surface area contributed by atoms with Gasteiger partial charge in [-0.2, -0.15) is 5.10 Å². The molecular weight excluding hydrogens is 469 g/mol. The second-order valence-electron chi connectivity index (χ2n) is 7.10. The first kappa shape index (κ1) is 23.8. The van der Waals surface area contributed by atoms with Gasteiger partial charge in [0.25, 0.3) is 15.9 Å². The maximum Gasteiger partial charge on any atom is 0.264 e. The Labute approximate surface area is 197 Å². The molecule has 0 saturated heterocycles. The molecule has 3 aromatic carbocycles. The second-order valence-corrected chi connectivity index (χ2v) is 9.78. The third-order valence-electron chi connectivity index (χ3n) is 4.50. The zero-order chi connectivity index (χ0) is 23.3.